The van der Waals surface area contributed by atoms with E-state index in [1.165, 1.54) is 5.56 Å². The molecule has 0 saturated carbocycles. The Kier molecular flexibility index (Phi) is 4.51. The van der Waals surface area contributed by atoms with Crippen molar-refractivity contribution in [1.29, 1.82) is 0 Å². The number of hydrogen-bond donors (Lipinski definition) is 2. The van der Waals surface area contributed by atoms with Crippen molar-refractivity contribution >= 4 is 10.9 Å². The minimum absolute atomic E-state index is 0.163. The van der Waals surface area contributed by atoms with Crippen molar-refractivity contribution in [3.8, 4) is 17.1 Å². The predicted molar refractivity (Wildman–Crippen MR) is 122 cm³/mol. The summed E-state index contributed by atoms with van der Waals surface area (Å²) in [5, 5.41) is 11.9. The molecule has 0 radical (unpaired) electrons. The lowest BCUT2D eigenvalue weighted by Gasteiger charge is -2.20. The van der Waals surface area contributed by atoms with Gasteiger partial charge in [0.1, 0.15) is 6.61 Å². The number of hydrogen-bond acceptors (Lipinski definition) is 4. The molecule has 6 rings (SSSR count). The van der Waals surface area contributed by atoms with E-state index in [9.17, 15) is 5.11 Å². The molecule has 1 aliphatic rings. The Labute approximate surface area is 185 Å². The summed E-state index contributed by atoms with van der Waals surface area (Å²) in [7, 11) is 0. The smallest absolute Gasteiger partial charge is 0.214 e. The van der Waals surface area contributed by atoms with E-state index in [1.54, 1.807) is 12.5 Å². The normalized spacial score (nSPS) is 17.5. The van der Waals surface area contributed by atoms with Gasteiger partial charge in [0.05, 0.1) is 42.1 Å². The molecule has 2 atom stereocenters. The Morgan fingerprint density at radius 2 is 1.91 bits per heavy atom. The van der Waals surface area contributed by atoms with Crippen LogP contribution in [0.5, 0.6) is 5.88 Å². The van der Waals surface area contributed by atoms with Crippen molar-refractivity contribution in [3.63, 3.8) is 0 Å². The van der Waals surface area contributed by atoms with Gasteiger partial charge in [-0.05, 0) is 16.7 Å². The Morgan fingerprint density at radius 1 is 1.06 bits per heavy atom. The third-order valence-electron chi connectivity index (χ3n) is 6.18. The molecule has 0 amide bonds. The van der Waals surface area contributed by atoms with E-state index >= 15 is 0 Å². The summed E-state index contributed by atoms with van der Waals surface area (Å²) in [4.78, 5) is 12.2. The molecule has 5 aromatic rings. The van der Waals surface area contributed by atoms with Crippen LogP contribution in [-0.2, 0) is 13.0 Å². The highest BCUT2D eigenvalue weighted by Gasteiger charge is 2.33. The molecule has 158 valence electrons. The highest BCUT2D eigenvalue weighted by atomic mass is 16.5. The topological polar surface area (TPSA) is 76.0 Å². The number of aromatic amines is 1. The number of aliphatic hydroxyl groups is 1. The van der Waals surface area contributed by atoms with Crippen LogP contribution in [0.3, 0.4) is 0 Å². The molecule has 2 aromatic carbocycles. The maximum absolute atomic E-state index is 10.9. The Bertz CT molecular complexity index is 1390. The summed E-state index contributed by atoms with van der Waals surface area (Å²) in [5.41, 5.74) is 6.29. The van der Waals surface area contributed by atoms with Gasteiger partial charge < -0.3 is 19.4 Å². The molecule has 1 aliphatic carbocycles. The molecule has 32 heavy (non-hydrogen) atoms. The maximum atomic E-state index is 10.9. The van der Waals surface area contributed by atoms with Crippen molar-refractivity contribution in [3.05, 3.63) is 102 Å². The van der Waals surface area contributed by atoms with Crippen LogP contribution in [-0.4, -0.2) is 30.7 Å². The van der Waals surface area contributed by atoms with Crippen LogP contribution in [0.4, 0.5) is 0 Å². The fourth-order valence-electron chi connectivity index (χ4n) is 4.65. The lowest BCUT2D eigenvalue weighted by atomic mass is 10.1. The predicted octanol–water partition coefficient (Wildman–Crippen LogP) is 4.51. The zero-order valence-electron chi connectivity index (χ0n) is 17.3. The van der Waals surface area contributed by atoms with Crippen LogP contribution in [0.1, 0.15) is 22.7 Å². The van der Waals surface area contributed by atoms with E-state index in [1.807, 2.05) is 60.9 Å². The van der Waals surface area contributed by atoms with E-state index in [0.29, 0.717) is 18.9 Å². The van der Waals surface area contributed by atoms with Crippen LogP contribution >= 0.6 is 0 Å². The van der Waals surface area contributed by atoms with Crippen molar-refractivity contribution in [1.82, 2.24) is 19.5 Å². The quantitative estimate of drug-likeness (QED) is 0.437. The first-order valence-corrected chi connectivity index (χ1v) is 10.7. The summed E-state index contributed by atoms with van der Waals surface area (Å²) in [5.74, 6) is 0.569. The van der Waals surface area contributed by atoms with Crippen LogP contribution < -0.4 is 4.74 Å². The van der Waals surface area contributed by atoms with Gasteiger partial charge in [0.15, 0.2) is 0 Å². The first-order valence-electron chi connectivity index (χ1n) is 10.7. The Balaban J connectivity index is 1.37. The number of fused-ring (bicyclic) bond motifs is 2. The lowest BCUT2D eigenvalue weighted by Crippen LogP contribution is -2.21. The van der Waals surface area contributed by atoms with E-state index in [0.717, 1.165) is 33.3 Å². The Hall–Kier alpha value is -3.90. The molecular weight excluding hydrogens is 400 g/mol. The molecule has 2 N–H and O–H groups in total. The highest BCUT2D eigenvalue weighted by Crippen LogP contribution is 2.39. The van der Waals surface area contributed by atoms with Crippen molar-refractivity contribution in [2.45, 2.75) is 25.2 Å². The number of rotatable bonds is 5. The van der Waals surface area contributed by atoms with Crippen LogP contribution in [0.15, 0.2) is 85.6 Å². The minimum atomic E-state index is -0.489. The molecule has 0 aliphatic heterocycles. The van der Waals surface area contributed by atoms with Gasteiger partial charge in [-0.25, -0.2) is 9.97 Å². The van der Waals surface area contributed by atoms with Crippen LogP contribution in [0, 0.1) is 0 Å². The van der Waals surface area contributed by atoms with Gasteiger partial charge in [-0.1, -0.05) is 54.6 Å². The standard InChI is InChI=1S/C26H22N4O2/c31-24-10-18-8-4-5-9-19(18)26(24)30-16-27-14-23(30)21-12-28-22-13-29-25(11-20(21)22)32-15-17-6-2-1-3-7-17/h1-9,11-14,16,24,26,28,31H,10,15H2/t24-,26?/m1/s1. The van der Waals surface area contributed by atoms with Crippen molar-refractivity contribution in [2.24, 2.45) is 0 Å². The van der Waals surface area contributed by atoms with Crippen molar-refractivity contribution in [2.75, 3.05) is 0 Å². The van der Waals surface area contributed by atoms with Gasteiger partial charge in [0.25, 0.3) is 0 Å². The van der Waals surface area contributed by atoms with Crippen LogP contribution in [0.25, 0.3) is 22.2 Å². The zero-order valence-corrected chi connectivity index (χ0v) is 17.3. The van der Waals surface area contributed by atoms with Gasteiger partial charge in [-0.2, -0.15) is 0 Å². The molecule has 1 unspecified atom stereocenters. The Morgan fingerprint density at radius 3 is 2.81 bits per heavy atom. The van der Waals surface area contributed by atoms with Crippen LogP contribution in [0.2, 0.25) is 0 Å². The SMILES string of the molecule is O[C@@H]1Cc2ccccc2C1n1cncc1-c1c[nH]c2cnc(OCc3ccccc3)cc12. The summed E-state index contributed by atoms with van der Waals surface area (Å²) in [6, 6.07) is 20.1. The maximum Gasteiger partial charge on any atom is 0.214 e. The number of benzene rings is 2. The first-order chi connectivity index (χ1) is 15.8. The number of H-pyrrole nitrogens is 1. The van der Waals surface area contributed by atoms with Gasteiger partial charge in [-0.3, -0.25) is 0 Å². The number of imidazole rings is 1. The van der Waals surface area contributed by atoms with E-state index in [2.05, 4.69) is 31.7 Å². The second-order valence-corrected chi connectivity index (χ2v) is 8.15. The van der Waals surface area contributed by atoms with E-state index in [4.69, 9.17) is 4.74 Å². The van der Waals surface area contributed by atoms with E-state index < -0.39 is 6.10 Å². The minimum Gasteiger partial charge on any atom is -0.473 e. The highest BCUT2D eigenvalue weighted by molar-refractivity contribution is 5.94. The van der Waals surface area contributed by atoms with Gasteiger partial charge >= 0.3 is 0 Å². The molecule has 0 saturated heterocycles. The average molecular weight is 422 g/mol. The fraction of sp³-hybridized carbons (Fsp3) is 0.154. The molecule has 6 heteroatoms. The fourth-order valence-corrected chi connectivity index (χ4v) is 4.65. The van der Waals surface area contributed by atoms with Gasteiger partial charge in [0, 0.05) is 29.6 Å². The molecule has 3 aromatic heterocycles. The third kappa shape index (κ3) is 3.16. The average Bonchev–Trinajstić information content (AvgIpc) is 3.53. The number of nitrogens with zero attached hydrogens (tertiary/aromatic N) is 3. The second kappa shape index (κ2) is 7.66. The number of pyridine rings is 1. The van der Waals surface area contributed by atoms with Crippen molar-refractivity contribution < 1.29 is 9.84 Å². The van der Waals surface area contributed by atoms with E-state index in [-0.39, 0.29) is 6.04 Å². The summed E-state index contributed by atoms with van der Waals surface area (Å²) >= 11 is 0. The summed E-state index contributed by atoms with van der Waals surface area (Å²) < 4.78 is 8.02. The molecule has 0 fully saturated rings. The summed E-state index contributed by atoms with van der Waals surface area (Å²) in [6.07, 6.45) is 7.57. The second-order valence-electron chi connectivity index (χ2n) is 8.15. The zero-order chi connectivity index (χ0) is 21.5. The molecular formula is C26H22N4O2. The number of aromatic nitrogens is 4. The molecule has 0 spiro atoms. The lowest BCUT2D eigenvalue weighted by molar-refractivity contribution is 0.145. The third-order valence-corrected chi connectivity index (χ3v) is 6.18. The number of ether oxygens (including phenoxy) is 1. The molecule has 6 nitrogen and oxygen atoms in total. The monoisotopic (exact) mass is 422 g/mol. The first kappa shape index (κ1) is 18.8. The number of aliphatic hydroxyl groups excluding tert-OH is 1. The number of nitrogens with one attached hydrogen (secondary N) is 1. The molecule has 0 bridgehead atoms. The van der Waals surface area contributed by atoms with Gasteiger partial charge in [0.2, 0.25) is 5.88 Å². The summed E-state index contributed by atoms with van der Waals surface area (Å²) in [6.45, 7) is 0.460. The molecule has 3 heterocycles. The van der Waals surface area contributed by atoms with Gasteiger partial charge in [-0.15, -0.1) is 0 Å². The largest absolute Gasteiger partial charge is 0.473 e.